The minimum Gasteiger partial charge on any atom is -0.341 e. The molecule has 7 nitrogen and oxygen atoms in total. The molecule has 2 amide bonds. The van der Waals surface area contributed by atoms with E-state index in [-0.39, 0.29) is 35.1 Å². The highest BCUT2D eigenvalue weighted by molar-refractivity contribution is 5.97. The number of fused-ring (bicyclic) bond motifs is 1. The smallest absolute Gasteiger partial charge is 0.241 e. The van der Waals surface area contributed by atoms with E-state index in [0.717, 1.165) is 47.7 Å². The number of hydrogen-bond donors (Lipinski definition) is 1. The van der Waals surface area contributed by atoms with Crippen molar-refractivity contribution in [1.82, 2.24) is 20.1 Å². The zero-order valence-electron chi connectivity index (χ0n) is 23.3. The minimum atomic E-state index is -0.246. The molecule has 3 aliphatic rings. The van der Waals surface area contributed by atoms with Crippen LogP contribution < -0.4 is 10.2 Å². The van der Waals surface area contributed by atoms with Crippen LogP contribution >= 0.6 is 0 Å². The van der Waals surface area contributed by atoms with Crippen LogP contribution in [0.15, 0.2) is 30.5 Å². The standard InChI is InChI=1S/C30H40FN5O2/c1-19-8-27(37)35(14-19)16-25-13-32-21(3)15-34(25)17-28(38)36-18-30(4,5)29-26(36)11-22(12-33-29)10-23-6-7-24(31)9-20(23)2/h6-7,9,11-12,19,21,25,32H,8,10,13-18H2,1-5H3/t19-,21+,25+/m0/s1. The Labute approximate surface area is 225 Å². The van der Waals surface area contributed by atoms with Crippen molar-refractivity contribution in [2.75, 3.05) is 44.2 Å². The van der Waals surface area contributed by atoms with Gasteiger partial charge in [0.15, 0.2) is 0 Å². The number of piperazine rings is 1. The van der Waals surface area contributed by atoms with Gasteiger partial charge in [0.1, 0.15) is 5.82 Å². The average molecular weight is 522 g/mol. The SMILES string of the molecule is Cc1cc(F)ccc1Cc1cnc2c(c1)N(C(=O)CN1C[C@@H](C)NC[C@@H]1CN1C[C@@H](C)CC1=O)CC2(C)C. The number of carbonyl (C=O) groups is 2. The Morgan fingerprint density at radius 1 is 1.21 bits per heavy atom. The number of carbonyl (C=O) groups excluding carboxylic acids is 2. The lowest BCUT2D eigenvalue weighted by Crippen LogP contribution is -2.61. The van der Waals surface area contributed by atoms with Gasteiger partial charge in [-0.3, -0.25) is 19.5 Å². The summed E-state index contributed by atoms with van der Waals surface area (Å²) >= 11 is 0. The molecule has 204 valence electrons. The lowest BCUT2D eigenvalue weighted by atomic mass is 9.91. The van der Waals surface area contributed by atoms with Crippen molar-refractivity contribution in [3.8, 4) is 0 Å². The van der Waals surface area contributed by atoms with Gasteiger partial charge in [0.05, 0.1) is 17.9 Å². The summed E-state index contributed by atoms with van der Waals surface area (Å²) in [4.78, 5) is 37.2. The second kappa shape index (κ2) is 10.4. The quantitative estimate of drug-likeness (QED) is 0.632. The van der Waals surface area contributed by atoms with Crippen LogP contribution in [0.4, 0.5) is 10.1 Å². The number of amides is 2. The first-order valence-corrected chi connectivity index (χ1v) is 13.8. The monoisotopic (exact) mass is 521 g/mol. The second-order valence-corrected chi connectivity index (χ2v) is 12.3. The number of pyridine rings is 1. The first-order valence-electron chi connectivity index (χ1n) is 13.8. The molecule has 5 rings (SSSR count). The molecular weight excluding hydrogens is 481 g/mol. The highest BCUT2D eigenvalue weighted by Gasteiger charge is 2.41. The van der Waals surface area contributed by atoms with Crippen molar-refractivity contribution in [2.45, 2.75) is 65.0 Å². The van der Waals surface area contributed by atoms with Gasteiger partial charge in [-0.15, -0.1) is 0 Å². The number of nitrogens with one attached hydrogen (secondary N) is 1. The predicted molar refractivity (Wildman–Crippen MR) is 147 cm³/mol. The van der Waals surface area contributed by atoms with Crippen molar-refractivity contribution in [2.24, 2.45) is 5.92 Å². The maximum Gasteiger partial charge on any atom is 0.241 e. The molecule has 3 atom stereocenters. The number of hydrogen-bond acceptors (Lipinski definition) is 5. The van der Waals surface area contributed by atoms with Crippen LogP contribution in [0.2, 0.25) is 0 Å². The van der Waals surface area contributed by atoms with Crippen molar-refractivity contribution >= 4 is 17.5 Å². The van der Waals surface area contributed by atoms with Gasteiger partial charge in [-0.1, -0.05) is 26.8 Å². The molecule has 2 fully saturated rings. The van der Waals surface area contributed by atoms with Crippen LogP contribution in [0.3, 0.4) is 0 Å². The number of halogens is 1. The number of benzene rings is 1. The van der Waals surface area contributed by atoms with E-state index in [1.165, 1.54) is 6.07 Å². The number of rotatable bonds is 6. The topological polar surface area (TPSA) is 68.8 Å². The summed E-state index contributed by atoms with van der Waals surface area (Å²) in [5.41, 5.74) is 4.52. The molecule has 0 unspecified atom stereocenters. The van der Waals surface area contributed by atoms with Crippen molar-refractivity contribution in [3.63, 3.8) is 0 Å². The summed E-state index contributed by atoms with van der Waals surface area (Å²) in [6, 6.07) is 7.33. The molecule has 0 saturated carbocycles. The molecule has 2 saturated heterocycles. The Morgan fingerprint density at radius 2 is 2.00 bits per heavy atom. The summed E-state index contributed by atoms with van der Waals surface area (Å²) in [6.45, 7) is 14.3. The molecule has 0 aliphatic carbocycles. The number of nitrogens with zero attached hydrogens (tertiary/aromatic N) is 4. The zero-order valence-corrected chi connectivity index (χ0v) is 23.3. The molecular formula is C30H40FN5O2. The van der Waals surface area contributed by atoms with Gasteiger partial charge in [0.2, 0.25) is 11.8 Å². The average Bonchev–Trinajstić information content (AvgIpc) is 3.31. The lowest BCUT2D eigenvalue weighted by molar-refractivity contribution is -0.128. The van der Waals surface area contributed by atoms with Crippen LogP contribution in [0.1, 0.15) is 56.5 Å². The van der Waals surface area contributed by atoms with E-state index in [2.05, 4.69) is 44.0 Å². The zero-order chi connectivity index (χ0) is 27.2. The van der Waals surface area contributed by atoms with Crippen LogP contribution in [0.25, 0.3) is 0 Å². The van der Waals surface area contributed by atoms with E-state index >= 15 is 0 Å². The first-order chi connectivity index (χ1) is 18.0. The van der Waals surface area contributed by atoms with Crippen LogP contribution in [0, 0.1) is 18.7 Å². The number of likely N-dealkylation sites (tertiary alicyclic amines) is 1. The molecule has 1 aromatic heterocycles. The van der Waals surface area contributed by atoms with Gasteiger partial charge >= 0.3 is 0 Å². The summed E-state index contributed by atoms with van der Waals surface area (Å²) < 4.78 is 13.6. The second-order valence-electron chi connectivity index (χ2n) is 12.3. The largest absolute Gasteiger partial charge is 0.341 e. The molecule has 3 aliphatic heterocycles. The Morgan fingerprint density at radius 3 is 2.71 bits per heavy atom. The fraction of sp³-hybridized carbons (Fsp3) is 0.567. The summed E-state index contributed by atoms with van der Waals surface area (Å²) in [7, 11) is 0. The number of aromatic nitrogens is 1. The van der Waals surface area contributed by atoms with Crippen molar-refractivity contribution in [3.05, 3.63) is 58.7 Å². The molecule has 1 N–H and O–H groups in total. The molecule has 1 aromatic carbocycles. The highest BCUT2D eigenvalue weighted by atomic mass is 19.1. The third-order valence-electron chi connectivity index (χ3n) is 8.31. The molecule has 4 heterocycles. The third-order valence-corrected chi connectivity index (χ3v) is 8.31. The molecule has 38 heavy (non-hydrogen) atoms. The Bertz CT molecular complexity index is 1230. The number of aryl methyl sites for hydroxylation is 1. The maximum absolute atomic E-state index is 13.8. The summed E-state index contributed by atoms with van der Waals surface area (Å²) in [5, 5.41) is 3.53. The Hall–Kier alpha value is -2.84. The molecule has 2 aromatic rings. The highest BCUT2D eigenvalue weighted by Crippen LogP contribution is 2.40. The van der Waals surface area contributed by atoms with E-state index in [1.807, 2.05) is 29.0 Å². The van der Waals surface area contributed by atoms with Gasteiger partial charge in [-0.2, -0.15) is 0 Å². The first kappa shape index (κ1) is 26.8. The van der Waals surface area contributed by atoms with Crippen LogP contribution in [0.5, 0.6) is 0 Å². The predicted octanol–water partition coefficient (Wildman–Crippen LogP) is 3.27. The summed E-state index contributed by atoms with van der Waals surface area (Å²) in [6.07, 6.45) is 3.13. The maximum atomic E-state index is 13.8. The molecule has 8 heteroatoms. The van der Waals surface area contributed by atoms with Gasteiger partial charge in [-0.05, 0) is 61.1 Å². The Balaban J connectivity index is 1.34. The Kier molecular flexibility index (Phi) is 7.31. The minimum absolute atomic E-state index is 0.0638. The molecule has 0 spiro atoms. The fourth-order valence-corrected chi connectivity index (χ4v) is 6.24. The summed E-state index contributed by atoms with van der Waals surface area (Å²) in [5.74, 6) is 0.430. The van der Waals surface area contributed by atoms with Gasteiger partial charge < -0.3 is 15.1 Å². The number of anilines is 1. The van der Waals surface area contributed by atoms with Gasteiger partial charge in [-0.25, -0.2) is 4.39 Å². The van der Waals surface area contributed by atoms with Crippen LogP contribution in [-0.2, 0) is 21.4 Å². The van der Waals surface area contributed by atoms with Crippen LogP contribution in [-0.4, -0.2) is 78.0 Å². The normalized spacial score (nSPS) is 25.2. The molecule has 0 radical (unpaired) electrons. The molecule has 0 bridgehead atoms. The third kappa shape index (κ3) is 5.47. The fourth-order valence-electron chi connectivity index (χ4n) is 6.24. The van der Waals surface area contributed by atoms with E-state index in [9.17, 15) is 14.0 Å². The van der Waals surface area contributed by atoms with E-state index in [0.29, 0.717) is 38.4 Å². The van der Waals surface area contributed by atoms with Crippen molar-refractivity contribution < 1.29 is 14.0 Å². The van der Waals surface area contributed by atoms with Crippen molar-refractivity contribution in [1.29, 1.82) is 0 Å². The van der Waals surface area contributed by atoms with E-state index in [1.54, 1.807) is 6.07 Å². The van der Waals surface area contributed by atoms with Gasteiger partial charge in [0.25, 0.3) is 0 Å². The van der Waals surface area contributed by atoms with E-state index < -0.39 is 0 Å². The van der Waals surface area contributed by atoms with Gasteiger partial charge in [0, 0.05) is 62.8 Å². The lowest BCUT2D eigenvalue weighted by Gasteiger charge is -2.41. The van der Waals surface area contributed by atoms with E-state index in [4.69, 9.17) is 4.98 Å².